The molecule has 1 rings (SSSR count). The molecule has 0 atom stereocenters. The molecule has 0 bridgehead atoms. The summed E-state index contributed by atoms with van der Waals surface area (Å²) in [6.45, 7) is 7.15. The molecule has 6 nitrogen and oxygen atoms in total. The molecule has 1 heterocycles. The fourth-order valence-electron chi connectivity index (χ4n) is 1.46. The molecule has 1 aromatic rings. The summed E-state index contributed by atoms with van der Waals surface area (Å²) in [5.74, 6) is 0. The van der Waals surface area contributed by atoms with E-state index >= 15 is 0 Å². The van der Waals surface area contributed by atoms with E-state index < -0.39 is 10.0 Å². The number of hydrogen-bond acceptors (Lipinski definition) is 4. The third kappa shape index (κ3) is 4.27. The molecule has 17 heavy (non-hydrogen) atoms. The van der Waals surface area contributed by atoms with Crippen molar-refractivity contribution in [1.29, 1.82) is 0 Å². The van der Waals surface area contributed by atoms with Crippen LogP contribution in [0.25, 0.3) is 0 Å². The second-order valence-electron chi connectivity index (χ2n) is 3.51. The van der Waals surface area contributed by atoms with Crippen molar-refractivity contribution in [3.8, 4) is 0 Å². The molecule has 0 amide bonds. The molecule has 8 heteroatoms. The largest absolute Gasteiger partial charge is 0.316 e. The van der Waals surface area contributed by atoms with Gasteiger partial charge < -0.3 is 5.32 Å². The lowest BCUT2D eigenvalue weighted by Gasteiger charge is -2.06. The minimum atomic E-state index is -3.44. The number of aryl methyl sites for hydroxylation is 2. The number of rotatable bonds is 6. The number of halogens is 1. The number of likely N-dealkylation sites (N-methyl/N-ethyl adjacent to an activating group) is 1. The molecule has 0 spiro atoms. The lowest BCUT2D eigenvalue weighted by molar-refractivity contribution is 0.576. The highest BCUT2D eigenvalue weighted by Gasteiger charge is 2.21. The van der Waals surface area contributed by atoms with E-state index in [0.29, 0.717) is 24.5 Å². The van der Waals surface area contributed by atoms with Crippen molar-refractivity contribution in [3.05, 3.63) is 11.4 Å². The van der Waals surface area contributed by atoms with Crippen LogP contribution in [0.4, 0.5) is 0 Å². The van der Waals surface area contributed by atoms with Crippen LogP contribution in [0.15, 0.2) is 4.90 Å². The van der Waals surface area contributed by atoms with E-state index in [1.165, 1.54) is 0 Å². The maximum absolute atomic E-state index is 11.9. The molecule has 0 fully saturated rings. The topological polar surface area (TPSA) is 86.9 Å². The lowest BCUT2D eigenvalue weighted by atomic mass is 10.4. The van der Waals surface area contributed by atoms with Gasteiger partial charge in [0.2, 0.25) is 10.0 Å². The fourth-order valence-corrected chi connectivity index (χ4v) is 2.86. The fraction of sp³-hybridized carbons (Fsp3) is 0.667. The Balaban J connectivity index is 0.00000256. The van der Waals surface area contributed by atoms with E-state index in [1.54, 1.807) is 13.8 Å². The SMILES string of the molecule is CCNCCNS(=O)(=O)c1c(C)n[nH]c1C.Cl. The van der Waals surface area contributed by atoms with Crippen LogP contribution in [0.2, 0.25) is 0 Å². The van der Waals surface area contributed by atoms with Gasteiger partial charge in [-0.05, 0) is 20.4 Å². The Hall–Kier alpha value is -0.630. The zero-order chi connectivity index (χ0) is 12.2. The van der Waals surface area contributed by atoms with Gasteiger partial charge in [0.15, 0.2) is 0 Å². The molecule has 0 unspecified atom stereocenters. The van der Waals surface area contributed by atoms with Gasteiger partial charge in [-0.1, -0.05) is 6.92 Å². The number of nitrogens with one attached hydrogen (secondary N) is 3. The summed E-state index contributed by atoms with van der Waals surface area (Å²) in [5, 5.41) is 9.57. The average Bonchev–Trinajstić information content (AvgIpc) is 2.54. The van der Waals surface area contributed by atoms with E-state index in [9.17, 15) is 8.42 Å². The molecule has 0 saturated heterocycles. The van der Waals surface area contributed by atoms with Crippen LogP contribution in [-0.4, -0.2) is 38.2 Å². The Morgan fingerprint density at radius 3 is 2.41 bits per heavy atom. The van der Waals surface area contributed by atoms with Crippen LogP contribution >= 0.6 is 12.4 Å². The number of aromatic nitrogens is 2. The first-order chi connectivity index (χ1) is 7.49. The Bertz CT molecular complexity index is 424. The van der Waals surface area contributed by atoms with Gasteiger partial charge in [-0.2, -0.15) is 5.10 Å². The summed E-state index contributed by atoms with van der Waals surface area (Å²) in [6, 6.07) is 0. The summed E-state index contributed by atoms with van der Waals surface area (Å²) in [4.78, 5) is 0.254. The van der Waals surface area contributed by atoms with E-state index in [0.717, 1.165) is 6.54 Å². The molecule has 1 aromatic heterocycles. The van der Waals surface area contributed by atoms with Gasteiger partial charge in [0.05, 0.1) is 11.4 Å². The Kier molecular flexibility index (Phi) is 6.69. The van der Waals surface area contributed by atoms with Crippen molar-refractivity contribution in [2.45, 2.75) is 25.7 Å². The van der Waals surface area contributed by atoms with E-state index in [1.807, 2.05) is 6.92 Å². The first kappa shape index (κ1) is 16.4. The second kappa shape index (κ2) is 6.95. The van der Waals surface area contributed by atoms with Gasteiger partial charge in [0.25, 0.3) is 0 Å². The van der Waals surface area contributed by atoms with Crippen LogP contribution in [-0.2, 0) is 10.0 Å². The normalized spacial score (nSPS) is 11.2. The third-order valence-electron chi connectivity index (χ3n) is 2.17. The average molecular weight is 283 g/mol. The van der Waals surface area contributed by atoms with Gasteiger partial charge in [0, 0.05) is 13.1 Å². The zero-order valence-corrected chi connectivity index (χ0v) is 11.8. The van der Waals surface area contributed by atoms with Crippen molar-refractivity contribution >= 4 is 22.4 Å². The first-order valence-electron chi connectivity index (χ1n) is 5.21. The highest BCUT2D eigenvalue weighted by atomic mass is 35.5. The van der Waals surface area contributed by atoms with Crippen LogP contribution in [0.5, 0.6) is 0 Å². The van der Waals surface area contributed by atoms with Crippen LogP contribution in [0, 0.1) is 13.8 Å². The summed E-state index contributed by atoms with van der Waals surface area (Å²) in [6.07, 6.45) is 0. The molecule has 100 valence electrons. The second-order valence-corrected chi connectivity index (χ2v) is 5.22. The number of hydrogen-bond donors (Lipinski definition) is 3. The molecule has 0 aliphatic heterocycles. The highest BCUT2D eigenvalue weighted by molar-refractivity contribution is 7.89. The van der Waals surface area contributed by atoms with E-state index in [-0.39, 0.29) is 17.3 Å². The minimum Gasteiger partial charge on any atom is -0.316 e. The Morgan fingerprint density at radius 2 is 1.94 bits per heavy atom. The van der Waals surface area contributed by atoms with Crippen LogP contribution in [0.3, 0.4) is 0 Å². The van der Waals surface area contributed by atoms with Crippen molar-refractivity contribution in [2.24, 2.45) is 0 Å². The Labute approximate surface area is 108 Å². The van der Waals surface area contributed by atoms with Gasteiger partial charge in [-0.3, -0.25) is 5.10 Å². The summed E-state index contributed by atoms with van der Waals surface area (Å²) < 4.78 is 26.3. The van der Waals surface area contributed by atoms with Crippen LogP contribution in [0.1, 0.15) is 18.3 Å². The van der Waals surface area contributed by atoms with Gasteiger partial charge in [-0.25, -0.2) is 13.1 Å². The summed E-state index contributed by atoms with van der Waals surface area (Å²) in [5.41, 5.74) is 1.06. The van der Waals surface area contributed by atoms with Crippen molar-refractivity contribution < 1.29 is 8.42 Å². The van der Waals surface area contributed by atoms with Gasteiger partial charge >= 0.3 is 0 Å². The van der Waals surface area contributed by atoms with E-state index in [4.69, 9.17) is 0 Å². The van der Waals surface area contributed by atoms with Crippen molar-refractivity contribution in [2.75, 3.05) is 19.6 Å². The van der Waals surface area contributed by atoms with Crippen LogP contribution < -0.4 is 10.0 Å². The quantitative estimate of drug-likeness (QED) is 0.657. The molecule has 0 radical (unpaired) electrons. The van der Waals surface area contributed by atoms with Gasteiger partial charge in [-0.15, -0.1) is 12.4 Å². The smallest absolute Gasteiger partial charge is 0.244 e. The molecule has 0 aromatic carbocycles. The number of H-pyrrole nitrogens is 1. The van der Waals surface area contributed by atoms with Crippen molar-refractivity contribution in [3.63, 3.8) is 0 Å². The number of sulfonamides is 1. The molecular formula is C9H19ClN4O2S. The first-order valence-corrected chi connectivity index (χ1v) is 6.69. The van der Waals surface area contributed by atoms with E-state index in [2.05, 4.69) is 20.2 Å². The number of nitrogens with zero attached hydrogens (tertiary/aromatic N) is 1. The summed E-state index contributed by atoms with van der Waals surface area (Å²) in [7, 11) is -3.44. The molecule has 3 N–H and O–H groups in total. The predicted octanol–water partition coefficient (Wildman–Crippen LogP) is 0.336. The minimum absolute atomic E-state index is 0. The number of aromatic amines is 1. The Morgan fingerprint density at radius 1 is 1.29 bits per heavy atom. The highest BCUT2D eigenvalue weighted by Crippen LogP contribution is 2.15. The lowest BCUT2D eigenvalue weighted by Crippen LogP contribution is -2.32. The monoisotopic (exact) mass is 282 g/mol. The zero-order valence-electron chi connectivity index (χ0n) is 10.2. The standard InChI is InChI=1S/C9H18N4O2S.ClH/c1-4-10-5-6-11-16(14,15)9-7(2)12-13-8(9)3;/h10-11H,4-6H2,1-3H3,(H,12,13);1H. The maximum Gasteiger partial charge on any atom is 0.244 e. The third-order valence-corrected chi connectivity index (χ3v) is 3.90. The maximum atomic E-state index is 11.9. The predicted molar refractivity (Wildman–Crippen MR) is 69.0 cm³/mol. The molecular weight excluding hydrogens is 264 g/mol. The van der Waals surface area contributed by atoms with Crippen molar-refractivity contribution in [1.82, 2.24) is 20.2 Å². The molecule has 0 saturated carbocycles. The van der Waals surface area contributed by atoms with Gasteiger partial charge in [0.1, 0.15) is 4.90 Å². The molecule has 0 aliphatic carbocycles. The summed E-state index contributed by atoms with van der Waals surface area (Å²) >= 11 is 0. The molecule has 0 aliphatic rings.